The zero-order chi connectivity index (χ0) is 12.6. The molecule has 1 aliphatic rings. The lowest BCUT2D eigenvalue weighted by atomic mass is 10.0. The number of hydrogen-bond acceptors (Lipinski definition) is 3. The number of rotatable bonds is 3. The summed E-state index contributed by atoms with van der Waals surface area (Å²) in [5, 5.41) is 13.4. The highest BCUT2D eigenvalue weighted by Crippen LogP contribution is 2.26. The highest BCUT2D eigenvalue weighted by molar-refractivity contribution is 5.71. The topological polar surface area (TPSA) is 58.4 Å². The Morgan fingerprint density at radius 3 is 2.82 bits per heavy atom. The number of hydrogen-bond donors (Lipinski definition) is 1. The number of carboxylic acid groups (broad SMARTS) is 1. The molecule has 1 fully saturated rings. The maximum Gasteiger partial charge on any atom is 0.308 e. The van der Waals surface area contributed by atoms with E-state index in [1.165, 1.54) is 5.56 Å². The van der Waals surface area contributed by atoms with Crippen LogP contribution < -0.4 is 0 Å². The van der Waals surface area contributed by atoms with Crippen LogP contribution in [0.5, 0.6) is 0 Å². The molecule has 2 heterocycles. The first kappa shape index (κ1) is 12.1. The molecule has 2 rings (SSSR count). The van der Waals surface area contributed by atoms with E-state index in [1.54, 1.807) is 4.68 Å². The van der Waals surface area contributed by atoms with Crippen molar-refractivity contribution < 1.29 is 9.90 Å². The Kier molecular flexibility index (Phi) is 3.19. The molecule has 0 aliphatic carbocycles. The predicted molar refractivity (Wildman–Crippen MR) is 63.6 cm³/mol. The molecular weight excluding hydrogens is 218 g/mol. The first-order valence-corrected chi connectivity index (χ1v) is 5.95. The number of aliphatic carboxylic acids is 1. The zero-order valence-corrected chi connectivity index (χ0v) is 10.6. The average Bonchev–Trinajstić information content (AvgIpc) is 2.73. The van der Waals surface area contributed by atoms with Gasteiger partial charge in [-0.15, -0.1) is 0 Å². The monoisotopic (exact) mass is 237 g/mol. The van der Waals surface area contributed by atoms with E-state index in [1.807, 2.05) is 27.1 Å². The largest absolute Gasteiger partial charge is 0.481 e. The molecule has 0 spiro atoms. The van der Waals surface area contributed by atoms with Gasteiger partial charge in [-0.05, 0) is 26.8 Å². The molecule has 0 amide bonds. The second-order valence-corrected chi connectivity index (χ2v) is 4.86. The van der Waals surface area contributed by atoms with Gasteiger partial charge >= 0.3 is 5.97 Å². The van der Waals surface area contributed by atoms with E-state index in [4.69, 9.17) is 5.11 Å². The summed E-state index contributed by atoms with van der Waals surface area (Å²) < 4.78 is 1.81. The fourth-order valence-corrected chi connectivity index (χ4v) is 2.58. The Balaban J connectivity index is 2.06. The van der Waals surface area contributed by atoms with Crippen LogP contribution in [-0.2, 0) is 18.4 Å². The van der Waals surface area contributed by atoms with Crippen LogP contribution in [0.1, 0.15) is 24.6 Å². The zero-order valence-electron chi connectivity index (χ0n) is 10.6. The number of aromatic nitrogens is 2. The molecule has 17 heavy (non-hydrogen) atoms. The lowest BCUT2D eigenvalue weighted by Crippen LogP contribution is -2.32. The third-order valence-corrected chi connectivity index (χ3v) is 3.69. The van der Waals surface area contributed by atoms with Gasteiger partial charge in [0.1, 0.15) is 0 Å². The van der Waals surface area contributed by atoms with Gasteiger partial charge in [0.05, 0.1) is 11.6 Å². The number of nitrogens with zero attached hydrogens (tertiary/aromatic N) is 3. The molecule has 0 bridgehead atoms. The van der Waals surface area contributed by atoms with Gasteiger partial charge in [0, 0.05) is 31.4 Å². The molecule has 2 atom stereocenters. The lowest BCUT2D eigenvalue weighted by molar-refractivity contribution is -0.142. The van der Waals surface area contributed by atoms with Gasteiger partial charge in [0.25, 0.3) is 0 Å². The molecule has 1 aromatic heterocycles. The van der Waals surface area contributed by atoms with Crippen molar-refractivity contribution >= 4 is 5.97 Å². The van der Waals surface area contributed by atoms with E-state index >= 15 is 0 Å². The summed E-state index contributed by atoms with van der Waals surface area (Å²) >= 11 is 0. The maximum atomic E-state index is 11.0. The van der Waals surface area contributed by atoms with E-state index < -0.39 is 5.97 Å². The summed E-state index contributed by atoms with van der Waals surface area (Å²) in [6.45, 7) is 5.64. The lowest BCUT2D eigenvalue weighted by Gasteiger charge is -2.22. The fraction of sp³-hybridized carbons (Fsp3) is 0.667. The summed E-state index contributed by atoms with van der Waals surface area (Å²) in [7, 11) is 1.91. The number of aryl methyl sites for hydroxylation is 2. The normalized spacial score (nSPS) is 25.4. The van der Waals surface area contributed by atoms with E-state index in [0.717, 1.165) is 25.2 Å². The van der Waals surface area contributed by atoms with Crippen LogP contribution in [0.3, 0.4) is 0 Å². The highest BCUT2D eigenvalue weighted by atomic mass is 16.4. The van der Waals surface area contributed by atoms with Gasteiger partial charge < -0.3 is 5.11 Å². The highest BCUT2D eigenvalue weighted by Gasteiger charge is 2.35. The number of likely N-dealkylation sites (tertiary alicyclic amines) is 1. The Labute approximate surface area is 101 Å². The second kappa shape index (κ2) is 4.49. The summed E-state index contributed by atoms with van der Waals surface area (Å²) in [4.78, 5) is 13.3. The van der Waals surface area contributed by atoms with E-state index in [9.17, 15) is 4.79 Å². The molecule has 1 N–H and O–H groups in total. The molecule has 0 radical (unpaired) electrons. The SMILES string of the molecule is Cc1nn(C)cc1CN1CCC(C(=O)O)C1C. The van der Waals surface area contributed by atoms with Crippen molar-refractivity contribution in [2.24, 2.45) is 13.0 Å². The van der Waals surface area contributed by atoms with Crippen LogP contribution in [0, 0.1) is 12.8 Å². The summed E-state index contributed by atoms with van der Waals surface area (Å²) in [5.41, 5.74) is 2.21. The molecule has 0 saturated carbocycles. The molecule has 0 aromatic carbocycles. The minimum Gasteiger partial charge on any atom is -0.481 e. The van der Waals surface area contributed by atoms with Gasteiger partial charge in [-0.25, -0.2) is 0 Å². The molecule has 2 unspecified atom stereocenters. The predicted octanol–water partition coefficient (Wildman–Crippen LogP) is 1.02. The van der Waals surface area contributed by atoms with Crippen LogP contribution >= 0.6 is 0 Å². The van der Waals surface area contributed by atoms with Crippen molar-refractivity contribution in [1.29, 1.82) is 0 Å². The smallest absolute Gasteiger partial charge is 0.308 e. The van der Waals surface area contributed by atoms with Gasteiger partial charge in [-0.3, -0.25) is 14.4 Å². The van der Waals surface area contributed by atoms with Gasteiger partial charge in [-0.1, -0.05) is 0 Å². The summed E-state index contributed by atoms with van der Waals surface area (Å²) in [6.07, 6.45) is 2.76. The van der Waals surface area contributed by atoms with Crippen molar-refractivity contribution in [3.8, 4) is 0 Å². The first-order valence-electron chi connectivity index (χ1n) is 5.95. The summed E-state index contributed by atoms with van der Waals surface area (Å²) in [5.74, 6) is -0.908. The van der Waals surface area contributed by atoms with Crippen molar-refractivity contribution in [3.63, 3.8) is 0 Å². The summed E-state index contributed by atoms with van der Waals surface area (Å²) in [6, 6.07) is 0.104. The van der Waals surface area contributed by atoms with Crippen LogP contribution in [0.15, 0.2) is 6.20 Å². The maximum absolute atomic E-state index is 11.0. The van der Waals surface area contributed by atoms with Crippen LogP contribution in [0.4, 0.5) is 0 Å². The molecular formula is C12H19N3O2. The van der Waals surface area contributed by atoms with E-state index in [0.29, 0.717) is 0 Å². The van der Waals surface area contributed by atoms with Gasteiger partial charge in [0.15, 0.2) is 0 Å². The van der Waals surface area contributed by atoms with Crippen LogP contribution in [-0.4, -0.2) is 38.3 Å². The quantitative estimate of drug-likeness (QED) is 0.853. The van der Waals surface area contributed by atoms with Crippen molar-refractivity contribution in [1.82, 2.24) is 14.7 Å². The van der Waals surface area contributed by atoms with Crippen LogP contribution in [0.25, 0.3) is 0 Å². The van der Waals surface area contributed by atoms with Crippen molar-refractivity contribution in [2.45, 2.75) is 32.9 Å². The van der Waals surface area contributed by atoms with Crippen LogP contribution in [0.2, 0.25) is 0 Å². The van der Waals surface area contributed by atoms with E-state index in [-0.39, 0.29) is 12.0 Å². The molecule has 1 aliphatic heterocycles. The standard InChI is InChI=1S/C12H19N3O2/c1-8-10(6-14(3)13-8)7-15-5-4-11(9(15)2)12(16)17/h6,9,11H,4-5,7H2,1-3H3,(H,16,17). The van der Waals surface area contributed by atoms with Gasteiger partial charge in [-0.2, -0.15) is 5.10 Å². The molecule has 94 valence electrons. The Morgan fingerprint density at radius 2 is 2.35 bits per heavy atom. The average molecular weight is 237 g/mol. The number of carboxylic acids is 1. The number of carbonyl (C=O) groups is 1. The van der Waals surface area contributed by atoms with Gasteiger partial charge in [0.2, 0.25) is 0 Å². The fourth-order valence-electron chi connectivity index (χ4n) is 2.58. The molecule has 1 aromatic rings. The van der Waals surface area contributed by atoms with Crippen molar-refractivity contribution in [2.75, 3.05) is 6.54 Å². The minimum atomic E-state index is -0.678. The Morgan fingerprint density at radius 1 is 1.65 bits per heavy atom. The molecule has 1 saturated heterocycles. The minimum absolute atomic E-state index is 0.104. The Hall–Kier alpha value is -1.36. The van der Waals surface area contributed by atoms with E-state index in [2.05, 4.69) is 10.00 Å². The third-order valence-electron chi connectivity index (χ3n) is 3.69. The molecule has 5 nitrogen and oxygen atoms in total. The first-order chi connectivity index (χ1) is 7.99. The Bertz CT molecular complexity index is 427. The van der Waals surface area contributed by atoms with Crippen molar-refractivity contribution in [3.05, 3.63) is 17.5 Å². The second-order valence-electron chi connectivity index (χ2n) is 4.86. The third kappa shape index (κ3) is 2.34. The molecule has 5 heteroatoms.